The van der Waals surface area contributed by atoms with E-state index >= 15 is 0 Å². The number of hydrogen-bond acceptors (Lipinski definition) is 0. The molecule has 1 fully saturated rings. The molecule has 31 heavy (non-hydrogen) atoms. The molecule has 1 unspecified atom stereocenters. The first-order valence-electron chi connectivity index (χ1n) is 12.3. The second kappa shape index (κ2) is 8.30. The molecule has 0 aromatic heterocycles. The van der Waals surface area contributed by atoms with Gasteiger partial charge in [0.05, 0.1) is 0 Å². The standard InChI is InChI=1S/C31H36/c1-20-8-15-30-26(18-20)14-17-29(30)25-12-9-24(10-13-25)11-16-27-22(3)19-31-21(2)6-5-7-28(31)23(27)4/h5-8,15,17-19,24-25,27H,4,9-14,16H2,1-3H3. The second-order valence-electron chi connectivity index (χ2n) is 10.3. The summed E-state index contributed by atoms with van der Waals surface area (Å²) in [5, 5.41) is 0. The summed E-state index contributed by atoms with van der Waals surface area (Å²) in [6.07, 6.45) is 14.2. The molecule has 2 aromatic rings. The van der Waals surface area contributed by atoms with Crippen LogP contribution in [0.1, 0.15) is 78.8 Å². The van der Waals surface area contributed by atoms with Gasteiger partial charge in [0.15, 0.2) is 0 Å². The van der Waals surface area contributed by atoms with Gasteiger partial charge >= 0.3 is 0 Å². The van der Waals surface area contributed by atoms with E-state index in [1.807, 2.05) is 0 Å². The van der Waals surface area contributed by atoms with Crippen LogP contribution in [0, 0.1) is 31.6 Å². The van der Waals surface area contributed by atoms with Gasteiger partial charge in [-0.1, -0.05) is 66.3 Å². The molecule has 0 heteroatoms. The van der Waals surface area contributed by atoms with Crippen LogP contribution in [0.15, 0.2) is 54.6 Å². The summed E-state index contributed by atoms with van der Waals surface area (Å²) < 4.78 is 0. The lowest BCUT2D eigenvalue weighted by atomic mass is 9.72. The summed E-state index contributed by atoms with van der Waals surface area (Å²) in [4.78, 5) is 0. The molecule has 1 atom stereocenters. The van der Waals surface area contributed by atoms with Crippen molar-refractivity contribution in [3.05, 3.63) is 88.0 Å². The molecular formula is C31H36. The smallest absolute Gasteiger partial charge is 0.00491 e. The van der Waals surface area contributed by atoms with Crippen molar-refractivity contribution in [1.82, 2.24) is 0 Å². The van der Waals surface area contributed by atoms with Gasteiger partial charge in [-0.25, -0.2) is 0 Å². The average molecular weight is 409 g/mol. The largest absolute Gasteiger partial charge is 0.0946 e. The summed E-state index contributed by atoms with van der Waals surface area (Å²) in [6.45, 7) is 11.3. The van der Waals surface area contributed by atoms with Crippen LogP contribution in [0.5, 0.6) is 0 Å². The van der Waals surface area contributed by atoms with Crippen LogP contribution in [0.4, 0.5) is 0 Å². The second-order valence-corrected chi connectivity index (χ2v) is 10.3. The van der Waals surface area contributed by atoms with E-state index in [1.165, 1.54) is 71.9 Å². The minimum Gasteiger partial charge on any atom is -0.0946 e. The molecule has 160 valence electrons. The van der Waals surface area contributed by atoms with E-state index in [0.717, 1.165) is 18.3 Å². The highest BCUT2D eigenvalue weighted by molar-refractivity contribution is 5.82. The number of aryl methyl sites for hydroxylation is 2. The zero-order chi connectivity index (χ0) is 21.5. The SMILES string of the molecule is C=C1c2cccc(C)c2C=C(C)C1CCC1CCC(C2=CCc3cc(C)ccc32)CC1. The topological polar surface area (TPSA) is 0 Å². The molecule has 1 saturated carbocycles. The molecule has 3 aliphatic carbocycles. The minimum atomic E-state index is 0.527. The lowest BCUT2D eigenvalue weighted by Gasteiger charge is -2.32. The predicted molar refractivity (Wildman–Crippen MR) is 135 cm³/mol. The third kappa shape index (κ3) is 3.86. The Balaban J connectivity index is 1.19. The molecule has 0 aliphatic heterocycles. The zero-order valence-corrected chi connectivity index (χ0v) is 19.5. The number of rotatable bonds is 4. The Bertz CT molecular complexity index is 1070. The Morgan fingerprint density at radius 1 is 0.903 bits per heavy atom. The first-order valence-corrected chi connectivity index (χ1v) is 12.3. The van der Waals surface area contributed by atoms with Crippen LogP contribution in [-0.2, 0) is 6.42 Å². The first-order chi connectivity index (χ1) is 15.0. The van der Waals surface area contributed by atoms with Crippen molar-refractivity contribution >= 4 is 17.2 Å². The number of fused-ring (bicyclic) bond motifs is 2. The molecule has 0 amide bonds. The van der Waals surface area contributed by atoms with Gasteiger partial charge in [-0.05, 0) is 117 Å². The molecule has 0 heterocycles. The quantitative estimate of drug-likeness (QED) is 0.475. The van der Waals surface area contributed by atoms with Crippen molar-refractivity contribution < 1.29 is 0 Å². The van der Waals surface area contributed by atoms with Gasteiger partial charge in [-0.15, -0.1) is 0 Å². The number of allylic oxidation sites excluding steroid dienone is 4. The summed E-state index contributed by atoms with van der Waals surface area (Å²) in [6, 6.07) is 13.7. The van der Waals surface area contributed by atoms with Gasteiger partial charge in [0.1, 0.15) is 0 Å². The highest BCUT2D eigenvalue weighted by Crippen LogP contribution is 2.45. The molecule has 0 saturated heterocycles. The van der Waals surface area contributed by atoms with Crippen molar-refractivity contribution in [1.29, 1.82) is 0 Å². The van der Waals surface area contributed by atoms with Gasteiger partial charge in [0.25, 0.3) is 0 Å². The van der Waals surface area contributed by atoms with Gasteiger partial charge in [-0.3, -0.25) is 0 Å². The summed E-state index contributed by atoms with van der Waals surface area (Å²) >= 11 is 0. The fourth-order valence-electron chi connectivity index (χ4n) is 6.40. The van der Waals surface area contributed by atoms with Crippen molar-refractivity contribution in [2.24, 2.45) is 17.8 Å². The molecule has 0 nitrogen and oxygen atoms in total. The Morgan fingerprint density at radius 2 is 1.71 bits per heavy atom. The molecule has 2 aromatic carbocycles. The Hall–Kier alpha value is -2.34. The summed E-state index contributed by atoms with van der Waals surface area (Å²) in [5.41, 5.74) is 13.1. The van der Waals surface area contributed by atoms with E-state index < -0.39 is 0 Å². The average Bonchev–Trinajstić information content (AvgIpc) is 3.18. The van der Waals surface area contributed by atoms with E-state index in [-0.39, 0.29) is 0 Å². The highest BCUT2D eigenvalue weighted by atomic mass is 14.3. The van der Waals surface area contributed by atoms with E-state index in [9.17, 15) is 0 Å². The molecule has 0 spiro atoms. The third-order valence-electron chi connectivity index (χ3n) is 8.28. The van der Waals surface area contributed by atoms with Gasteiger partial charge < -0.3 is 0 Å². The van der Waals surface area contributed by atoms with E-state index in [4.69, 9.17) is 0 Å². The molecule has 3 aliphatic rings. The van der Waals surface area contributed by atoms with Crippen LogP contribution in [0.2, 0.25) is 0 Å². The molecule has 0 bridgehead atoms. The zero-order valence-electron chi connectivity index (χ0n) is 19.5. The van der Waals surface area contributed by atoms with Crippen molar-refractivity contribution in [2.45, 2.75) is 65.7 Å². The minimum absolute atomic E-state index is 0.527. The van der Waals surface area contributed by atoms with E-state index in [2.05, 4.69) is 75.9 Å². The molecule has 5 rings (SSSR count). The van der Waals surface area contributed by atoms with Gasteiger partial charge in [0, 0.05) is 5.92 Å². The van der Waals surface area contributed by atoms with Crippen LogP contribution in [-0.4, -0.2) is 0 Å². The lowest BCUT2D eigenvalue weighted by molar-refractivity contribution is 0.292. The normalized spacial score (nSPS) is 25.0. The van der Waals surface area contributed by atoms with Gasteiger partial charge in [0.2, 0.25) is 0 Å². The van der Waals surface area contributed by atoms with E-state index in [0.29, 0.717) is 5.92 Å². The highest BCUT2D eigenvalue weighted by Gasteiger charge is 2.29. The fourth-order valence-corrected chi connectivity index (χ4v) is 6.40. The third-order valence-corrected chi connectivity index (χ3v) is 8.28. The van der Waals surface area contributed by atoms with Crippen molar-refractivity contribution in [3.8, 4) is 0 Å². The predicted octanol–water partition coefficient (Wildman–Crippen LogP) is 8.58. The van der Waals surface area contributed by atoms with Crippen LogP contribution < -0.4 is 0 Å². The van der Waals surface area contributed by atoms with Crippen molar-refractivity contribution in [3.63, 3.8) is 0 Å². The molecule has 0 N–H and O–H groups in total. The monoisotopic (exact) mass is 408 g/mol. The number of hydrogen-bond donors (Lipinski definition) is 0. The Labute approximate surface area is 188 Å². The number of benzene rings is 2. The Morgan fingerprint density at radius 3 is 2.52 bits per heavy atom. The maximum atomic E-state index is 4.54. The summed E-state index contributed by atoms with van der Waals surface area (Å²) in [5.74, 6) is 2.19. The maximum Gasteiger partial charge on any atom is 0.00491 e. The van der Waals surface area contributed by atoms with Crippen LogP contribution in [0.25, 0.3) is 17.2 Å². The van der Waals surface area contributed by atoms with Crippen molar-refractivity contribution in [2.75, 3.05) is 0 Å². The lowest BCUT2D eigenvalue weighted by Crippen LogP contribution is -2.18. The van der Waals surface area contributed by atoms with Gasteiger partial charge in [-0.2, -0.15) is 0 Å². The van der Waals surface area contributed by atoms with Crippen LogP contribution in [0.3, 0.4) is 0 Å². The molecular weight excluding hydrogens is 372 g/mol. The maximum absolute atomic E-state index is 4.54. The molecule has 0 radical (unpaired) electrons. The van der Waals surface area contributed by atoms with E-state index in [1.54, 1.807) is 16.7 Å². The Kier molecular flexibility index (Phi) is 5.51. The summed E-state index contributed by atoms with van der Waals surface area (Å²) in [7, 11) is 0. The fraction of sp³-hybridized carbons (Fsp3) is 0.419. The first kappa shape index (κ1) is 20.6. The van der Waals surface area contributed by atoms with Crippen LogP contribution >= 0.6 is 0 Å².